The highest BCUT2D eigenvalue weighted by atomic mass is 32.2. The first-order valence-electron chi connectivity index (χ1n) is 13.3. The SMILES string of the molecule is C=C1C=CC=C(CN2CCC3(CC2)C2=C[C@H](C)c4c(cc(OC)cc4OC)CN2C(=C)N3CC)C1=NSN. The highest BCUT2D eigenvalue weighted by Crippen LogP contribution is 2.51. The molecule has 2 N–H and O–H groups in total. The first kappa shape index (κ1) is 26.7. The third-order valence-electron chi connectivity index (χ3n) is 8.50. The Morgan fingerprint density at radius 2 is 1.95 bits per heavy atom. The van der Waals surface area contributed by atoms with Crippen molar-refractivity contribution in [1.82, 2.24) is 14.7 Å². The summed E-state index contributed by atoms with van der Waals surface area (Å²) in [5.74, 6) is 3.00. The van der Waals surface area contributed by atoms with Crippen LogP contribution in [-0.2, 0) is 6.54 Å². The highest BCUT2D eigenvalue weighted by molar-refractivity contribution is 7.95. The third-order valence-corrected chi connectivity index (χ3v) is 8.78. The largest absolute Gasteiger partial charge is 0.497 e. The molecule has 3 heterocycles. The van der Waals surface area contributed by atoms with Crippen LogP contribution in [0.2, 0.25) is 0 Å². The highest BCUT2D eigenvalue weighted by Gasteiger charge is 2.52. The van der Waals surface area contributed by atoms with Gasteiger partial charge in [0, 0.05) is 56.0 Å². The van der Waals surface area contributed by atoms with Crippen LogP contribution in [0.25, 0.3) is 0 Å². The van der Waals surface area contributed by atoms with Gasteiger partial charge in [-0.05, 0) is 42.5 Å². The number of hydrogen-bond donors (Lipinski definition) is 1. The Bertz CT molecular complexity index is 1260. The maximum Gasteiger partial charge on any atom is 0.126 e. The number of fused-ring (bicyclic) bond motifs is 3. The van der Waals surface area contributed by atoms with E-state index in [-0.39, 0.29) is 11.5 Å². The minimum atomic E-state index is -0.0650. The molecule has 3 aliphatic heterocycles. The van der Waals surface area contributed by atoms with Crippen molar-refractivity contribution in [2.75, 3.05) is 40.4 Å². The van der Waals surface area contributed by atoms with Gasteiger partial charge in [0.05, 0.1) is 37.6 Å². The van der Waals surface area contributed by atoms with E-state index < -0.39 is 0 Å². The molecule has 5 rings (SSSR count). The standard InChI is InChI=1S/C30H39N5O2S/c1-7-35-22(4)34-19-24-16-25(36-5)17-26(37-6)28(24)21(3)15-27(34)30(35)11-13-33(14-12-30)18-23-10-8-9-20(2)29(23)32-38-31/h8-10,15-17,21H,2,4,7,11-14,18-19,31H2,1,3,5-6H3/t21-/m0/s1. The minimum absolute atomic E-state index is 0.0650. The molecule has 8 heteroatoms. The number of methoxy groups -OCH3 is 2. The second kappa shape index (κ2) is 10.7. The summed E-state index contributed by atoms with van der Waals surface area (Å²) in [6.45, 7) is 17.8. The van der Waals surface area contributed by atoms with Gasteiger partial charge in [-0.25, -0.2) is 0 Å². The minimum Gasteiger partial charge on any atom is -0.497 e. The quantitative estimate of drug-likeness (QED) is 0.507. The molecule has 1 atom stereocenters. The molecule has 0 unspecified atom stereocenters. The number of likely N-dealkylation sites (N-methyl/N-ethyl adjacent to an activating group) is 1. The van der Waals surface area contributed by atoms with E-state index in [9.17, 15) is 0 Å². The van der Waals surface area contributed by atoms with Gasteiger partial charge in [0.15, 0.2) is 0 Å². The number of piperidine rings is 1. The van der Waals surface area contributed by atoms with Crippen molar-refractivity contribution in [3.05, 3.63) is 83.4 Å². The van der Waals surface area contributed by atoms with Crippen LogP contribution >= 0.6 is 12.1 Å². The Balaban J connectivity index is 1.43. The summed E-state index contributed by atoms with van der Waals surface area (Å²) in [7, 11) is 3.45. The normalized spacial score (nSPS) is 23.8. The predicted octanol–water partition coefficient (Wildman–Crippen LogP) is 5.16. The molecule has 38 heavy (non-hydrogen) atoms. The molecule has 0 aromatic heterocycles. The second-order valence-corrected chi connectivity index (χ2v) is 10.8. The van der Waals surface area contributed by atoms with Crippen molar-refractivity contribution in [1.29, 1.82) is 0 Å². The van der Waals surface area contributed by atoms with Crippen molar-refractivity contribution in [3.63, 3.8) is 0 Å². The molecule has 2 fully saturated rings. The first-order chi connectivity index (χ1) is 18.4. The van der Waals surface area contributed by atoms with Crippen LogP contribution in [0.15, 0.2) is 76.7 Å². The van der Waals surface area contributed by atoms with Crippen LogP contribution in [0, 0.1) is 0 Å². The van der Waals surface area contributed by atoms with Crippen molar-refractivity contribution in [2.24, 2.45) is 9.54 Å². The Hall–Kier alpha value is -2.94. The summed E-state index contributed by atoms with van der Waals surface area (Å²) in [6, 6.07) is 4.15. The van der Waals surface area contributed by atoms with Gasteiger partial charge in [-0.15, -0.1) is 0 Å². The van der Waals surface area contributed by atoms with Crippen molar-refractivity contribution >= 4 is 17.8 Å². The average molecular weight is 534 g/mol. The van der Waals surface area contributed by atoms with E-state index in [1.807, 2.05) is 12.1 Å². The van der Waals surface area contributed by atoms with Crippen LogP contribution in [0.4, 0.5) is 0 Å². The average Bonchev–Trinajstić information content (AvgIpc) is 3.02. The number of likely N-dealkylation sites (tertiary alicyclic amines) is 1. The number of hydrogen-bond acceptors (Lipinski definition) is 8. The summed E-state index contributed by atoms with van der Waals surface area (Å²) in [5, 5.41) is 5.68. The Morgan fingerprint density at radius 1 is 1.18 bits per heavy atom. The van der Waals surface area contributed by atoms with Crippen molar-refractivity contribution in [3.8, 4) is 11.5 Å². The Morgan fingerprint density at radius 3 is 2.61 bits per heavy atom. The maximum absolute atomic E-state index is 5.83. The van der Waals surface area contributed by atoms with Crippen LogP contribution in [0.5, 0.6) is 11.5 Å². The van der Waals surface area contributed by atoms with E-state index in [1.54, 1.807) is 14.2 Å². The molecule has 1 aromatic rings. The molecule has 4 aliphatic rings. The molecule has 202 valence electrons. The van der Waals surface area contributed by atoms with E-state index in [0.29, 0.717) is 0 Å². The van der Waals surface area contributed by atoms with E-state index in [0.717, 1.165) is 86.3 Å². The molecule has 0 amide bonds. The molecular weight excluding hydrogens is 494 g/mol. The molecule has 7 nitrogen and oxygen atoms in total. The van der Waals surface area contributed by atoms with Gasteiger partial charge in [0.25, 0.3) is 0 Å². The van der Waals surface area contributed by atoms with Gasteiger partial charge in [0.1, 0.15) is 17.3 Å². The molecule has 0 bridgehead atoms. The first-order valence-corrected chi connectivity index (χ1v) is 14.1. The maximum atomic E-state index is 5.83. The monoisotopic (exact) mass is 533 g/mol. The van der Waals surface area contributed by atoms with Crippen LogP contribution in [0.3, 0.4) is 0 Å². The summed E-state index contributed by atoms with van der Waals surface area (Å²) in [4.78, 5) is 7.50. The summed E-state index contributed by atoms with van der Waals surface area (Å²) in [6.07, 6.45) is 10.7. The van der Waals surface area contributed by atoms with Gasteiger partial charge in [-0.2, -0.15) is 4.40 Å². The third kappa shape index (κ3) is 4.38. The summed E-state index contributed by atoms with van der Waals surface area (Å²) in [5.41, 5.74) is 6.77. The molecule has 0 saturated carbocycles. The molecule has 1 aliphatic carbocycles. The lowest BCUT2D eigenvalue weighted by Gasteiger charge is -2.45. The van der Waals surface area contributed by atoms with E-state index in [2.05, 4.69) is 70.4 Å². The molecule has 2 saturated heterocycles. The topological polar surface area (TPSA) is 66.6 Å². The molecule has 1 spiro atoms. The second-order valence-electron chi connectivity index (χ2n) is 10.4. The lowest BCUT2D eigenvalue weighted by molar-refractivity contribution is 0.0986. The van der Waals surface area contributed by atoms with E-state index in [1.165, 1.54) is 22.4 Å². The zero-order chi connectivity index (χ0) is 27.0. The zero-order valence-corrected chi connectivity index (χ0v) is 23.8. The lowest BCUT2D eigenvalue weighted by Crippen LogP contribution is -2.53. The van der Waals surface area contributed by atoms with Gasteiger partial charge >= 0.3 is 0 Å². The van der Waals surface area contributed by atoms with Crippen LogP contribution in [0.1, 0.15) is 43.7 Å². The van der Waals surface area contributed by atoms with Crippen molar-refractivity contribution in [2.45, 2.75) is 44.7 Å². The number of allylic oxidation sites excluding steroid dienone is 5. The zero-order valence-electron chi connectivity index (χ0n) is 23.0. The molecule has 1 aromatic carbocycles. The van der Waals surface area contributed by atoms with Crippen molar-refractivity contribution < 1.29 is 9.47 Å². The number of nitrogens with two attached hydrogens (primary N) is 1. The Kier molecular flexibility index (Phi) is 7.49. The fourth-order valence-corrected chi connectivity index (χ4v) is 7.04. The molecule has 0 radical (unpaired) electrons. The molecular formula is C30H39N5O2S. The predicted molar refractivity (Wildman–Crippen MR) is 157 cm³/mol. The van der Waals surface area contributed by atoms with E-state index in [4.69, 9.17) is 14.6 Å². The smallest absolute Gasteiger partial charge is 0.126 e. The van der Waals surface area contributed by atoms with Gasteiger partial charge in [-0.3, -0.25) is 10.0 Å². The van der Waals surface area contributed by atoms with Crippen LogP contribution in [-0.4, -0.2) is 66.3 Å². The fraction of sp³-hybridized carbons (Fsp3) is 0.433. The van der Waals surface area contributed by atoms with Gasteiger partial charge in [0.2, 0.25) is 0 Å². The Labute approximate surface area is 231 Å². The number of nitrogens with zero attached hydrogens (tertiary/aromatic N) is 4. The number of benzene rings is 1. The summed E-state index contributed by atoms with van der Waals surface area (Å²) < 4.78 is 15.9. The van der Waals surface area contributed by atoms with Gasteiger partial charge in [-0.1, -0.05) is 44.4 Å². The van der Waals surface area contributed by atoms with Crippen LogP contribution < -0.4 is 14.6 Å². The number of ether oxygens (including phenoxy) is 2. The van der Waals surface area contributed by atoms with Gasteiger partial charge < -0.3 is 19.3 Å². The lowest BCUT2D eigenvalue weighted by atomic mass is 9.81. The summed E-state index contributed by atoms with van der Waals surface area (Å²) >= 11 is 0.998. The fourth-order valence-electron chi connectivity index (χ4n) is 6.70. The van der Waals surface area contributed by atoms with E-state index >= 15 is 0 Å². The number of rotatable bonds is 6.